The van der Waals surface area contributed by atoms with Crippen LogP contribution in [0.5, 0.6) is 0 Å². The summed E-state index contributed by atoms with van der Waals surface area (Å²) in [4.78, 5) is 4.13. The number of pyridine rings is 1. The normalized spacial score (nSPS) is 12.1. The lowest BCUT2D eigenvalue weighted by molar-refractivity contribution is 0.179. The van der Waals surface area contributed by atoms with E-state index in [0.717, 1.165) is 16.7 Å². The molecule has 0 radical (unpaired) electrons. The standard InChI is InChI=1S/C22H17ClN2O2/c23-18-10-8-16(9-11-18)21-20(19(26)13-15-5-4-12-24-14-15)22(27-25-21)17-6-2-1-3-7-17/h1-12,14,19,26H,13H2. The van der Waals surface area contributed by atoms with Crippen LogP contribution in [-0.2, 0) is 6.42 Å². The van der Waals surface area contributed by atoms with Crippen LogP contribution in [0.2, 0.25) is 5.02 Å². The topological polar surface area (TPSA) is 59.2 Å². The molecule has 1 N–H and O–H groups in total. The van der Waals surface area contributed by atoms with Gasteiger partial charge in [0.15, 0.2) is 5.76 Å². The van der Waals surface area contributed by atoms with Crippen LogP contribution >= 0.6 is 11.6 Å². The zero-order valence-corrected chi connectivity index (χ0v) is 15.2. The molecule has 0 saturated carbocycles. The number of aromatic nitrogens is 2. The van der Waals surface area contributed by atoms with Gasteiger partial charge in [-0.25, -0.2) is 0 Å². The molecule has 5 heteroatoms. The monoisotopic (exact) mass is 376 g/mol. The zero-order chi connectivity index (χ0) is 18.6. The summed E-state index contributed by atoms with van der Waals surface area (Å²) in [6.07, 6.45) is 3.08. The largest absolute Gasteiger partial charge is 0.388 e. The molecule has 0 aliphatic heterocycles. The van der Waals surface area contributed by atoms with Gasteiger partial charge in [-0.2, -0.15) is 0 Å². The maximum Gasteiger partial charge on any atom is 0.173 e. The van der Waals surface area contributed by atoms with E-state index in [4.69, 9.17) is 16.1 Å². The molecule has 2 heterocycles. The van der Waals surface area contributed by atoms with Crippen molar-refractivity contribution >= 4 is 11.6 Å². The van der Waals surface area contributed by atoms with Crippen molar-refractivity contribution in [2.24, 2.45) is 0 Å². The third-order valence-electron chi connectivity index (χ3n) is 4.37. The van der Waals surface area contributed by atoms with Gasteiger partial charge < -0.3 is 9.63 Å². The van der Waals surface area contributed by atoms with Crippen molar-refractivity contribution in [3.05, 3.63) is 95.3 Å². The Labute approximate surface area is 162 Å². The van der Waals surface area contributed by atoms with Gasteiger partial charge in [0, 0.05) is 35.0 Å². The molecular weight excluding hydrogens is 360 g/mol. The van der Waals surface area contributed by atoms with Crippen LogP contribution < -0.4 is 0 Å². The summed E-state index contributed by atoms with van der Waals surface area (Å²) in [6, 6.07) is 20.8. The van der Waals surface area contributed by atoms with Gasteiger partial charge in [-0.15, -0.1) is 0 Å². The molecule has 4 rings (SSSR count). The van der Waals surface area contributed by atoms with E-state index in [1.54, 1.807) is 24.5 Å². The predicted octanol–water partition coefficient (Wildman–Crippen LogP) is 5.33. The summed E-state index contributed by atoms with van der Waals surface area (Å²) in [5.74, 6) is 0.567. The Hall–Kier alpha value is -2.95. The first kappa shape index (κ1) is 17.5. The van der Waals surface area contributed by atoms with Crippen molar-refractivity contribution in [3.63, 3.8) is 0 Å². The summed E-state index contributed by atoms with van der Waals surface area (Å²) >= 11 is 6.01. The molecule has 2 aromatic heterocycles. The average Bonchev–Trinajstić information content (AvgIpc) is 3.15. The summed E-state index contributed by atoms with van der Waals surface area (Å²) in [7, 11) is 0. The van der Waals surface area contributed by atoms with Gasteiger partial charge in [-0.05, 0) is 23.8 Å². The molecule has 0 saturated heterocycles. The van der Waals surface area contributed by atoms with Crippen molar-refractivity contribution in [2.45, 2.75) is 12.5 Å². The van der Waals surface area contributed by atoms with Gasteiger partial charge in [-0.3, -0.25) is 4.98 Å². The second kappa shape index (κ2) is 7.74. The number of hydrogen-bond donors (Lipinski definition) is 1. The molecular formula is C22H17ClN2O2. The van der Waals surface area contributed by atoms with Gasteiger partial charge in [0.05, 0.1) is 11.7 Å². The Morgan fingerprint density at radius 1 is 0.926 bits per heavy atom. The van der Waals surface area contributed by atoms with Gasteiger partial charge in [-0.1, -0.05) is 65.3 Å². The highest BCUT2D eigenvalue weighted by Crippen LogP contribution is 2.37. The smallest absolute Gasteiger partial charge is 0.173 e. The first-order chi connectivity index (χ1) is 13.2. The minimum Gasteiger partial charge on any atom is -0.388 e. The molecule has 0 bridgehead atoms. The molecule has 0 fully saturated rings. The fourth-order valence-corrected chi connectivity index (χ4v) is 3.19. The first-order valence-corrected chi connectivity index (χ1v) is 8.98. The summed E-state index contributed by atoms with van der Waals surface area (Å²) in [5, 5.41) is 16.0. The second-order valence-corrected chi connectivity index (χ2v) is 6.66. The molecule has 0 aliphatic carbocycles. The van der Waals surface area contributed by atoms with Gasteiger partial charge in [0.2, 0.25) is 0 Å². The average molecular weight is 377 g/mol. The number of benzene rings is 2. The maximum absolute atomic E-state index is 11.0. The maximum atomic E-state index is 11.0. The van der Waals surface area contributed by atoms with E-state index in [1.807, 2.05) is 54.6 Å². The molecule has 0 amide bonds. The number of aliphatic hydroxyl groups excluding tert-OH is 1. The van der Waals surface area contributed by atoms with Crippen molar-refractivity contribution in [1.82, 2.24) is 10.1 Å². The molecule has 0 spiro atoms. The van der Waals surface area contributed by atoms with Crippen LogP contribution in [0.25, 0.3) is 22.6 Å². The number of rotatable bonds is 5. The van der Waals surface area contributed by atoms with Gasteiger partial charge in [0.25, 0.3) is 0 Å². The molecule has 27 heavy (non-hydrogen) atoms. The molecule has 1 atom stereocenters. The van der Waals surface area contributed by atoms with Gasteiger partial charge >= 0.3 is 0 Å². The van der Waals surface area contributed by atoms with Crippen molar-refractivity contribution < 1.29 is 9.63 Å². The Balaban J connectivity index is 1.80. The second-order valence-electron chi connectivity index (χ2n) is 6.23. The number of aliphatic hydroxyl groups is 1. The van der Waals surface area contributed by atoms with Crippen LogP contribution in [0.1, 0.15) is 17.2 Å². The van der Waals surface area contributed by atoms with Crippen LogP contribution in [-0.4, -0.2) is 15.2 Å². The lowest BCUT2D eigenvalue weighted by atomic mass is 9.95. The SMILES string of the molecule is OC(Cc1cccnc1)c1c(-c2ccc(Cl)cc2)noc1-c1ccccc1. The number of hydrogen-bond acceptors (Lipinski definition) is 4. The third-order valence-corrected chi connectivity index (χ3v) is 4.62. The Kier molecular flexibility index (Phi) is 5.01. The molecule has 2 aromatic carbocycles. The van der Waals surface area contributed by atoms with Gasteiger partial charge in [0.1, 0.15) is 5.69 Å². The minimum atomic E-state index is -0.790. The van der Waals surface area contributed by atoms with E-state index < -0.39 is 6.10 Å². The van der Waals surface area contributed by atoms with Crippen LogP contribution in [0.3, 0.4) is 0 Å². The summed E-state index contributed by atoms with van der Waals surface area (Å²) in [5.41, 5.74) is 3.91. The van der Waals surface area contributed by atoms with Crippen molar-refractivity contribution in [1.29, 1.82) is 0 Å². The summed E-state index contributed by atoms with van der Waals surface area (Å²) in [6.45, 7) is 0. The van der Waals surface area contributed by atoms with Crippen molar-refractivity contribution in [2.75, 3.05) is 0 Å². The van der Waals surface area contributed by atoms with Crippen LogP contribution in [0.15, 0.2) is 83.6 Å². The molecule has 4 nitrogen and oxygen atoms in total. The lowest BCUT2D eigenvalue weighted by Crippen LogP contribution is -2.04. The molecule has 134 valence electrons. The van der Waals surface area contributed by atoms with E-state index in [1.165, 1.54) is 0 Å². The van der Waals surface area contributed by atoms with E-state index >= 15 is 0 Å². The minimum absolute atomic E-state index is 0.412. The number of halogens is 1. The van der Waals surface area contributed by atoms with E-state index in [9.17, 15) is 5.11 Å². The quantitative estimate of drug-likeness (QED) is 0.511. The Morgan fingerprint density at radius 3 is 2.41 bits per heavy atom. The van der Waals surface area contributed by atoms with Crippen LogP contribution in [0.4, 0.5) is 0 Å². The molecule has 1 unspecified atom stereocenters. The van der Waals surface area contributed by atoms with E-state index in [-0.39, 0.29) is 0 Å². The van der Waals surface area contributed by atoms with Crippen molar-refractivity contribution in [3.8, 4) is 22.6 Å². The Morgan fingerprint density at radius 2 is 1.70 bits per heavy atom. The lowest BCUT2D eigenvalue weighted by Gasteiger charge is -2.12. The first-order valence-electron chi connectivity index (χ1n) is 8.60. The van der Waals surface area contributed by atoms with E-state index in [2.05, 4.69) is 10.1 Å². The number of nitrogens with zero attached hydrogens (tertiary/aromatic N) is 2. The van der Waals surface area contributed by atoms with E-state index in [0.29, 0.717) is 28.5 Å². The highest BCUT2D eigenvalue weighted by atomic mass is 35.5. The third kappa shape index (κ3) is 3.77. The summed E-state index contributed by atoms with van der Waals surface area (Å²) < 4.78 is 5.67. The molecule has 4 aromatic rings. The fraction of sp³-hybridized carbons (Fsp3) is 0.0909. The predicted molar refractivity (Wildman–Crippen MR) is 105 cm³/mol. The fourth-order valence-electron chi connectivity index (χ4n) is 3.06. The zero-order valence-electron chi connectivity index (χ0n) is 14.4. The molecule has 0 aliphatic rings. The Bertz CT molecular complexity index is 1020. The van der Waals surface area contributed by atoms with Crippen LogP contribution in [0, 0.1) is 0 Å². The highest BCUT2D eigenvalue weighted by Gasteiger charge is 2.25. The highest BCUT2D eigenvalue weighted by molar-refractivity contribution is 6.30.